The van der Waals surface area contributed by atoms with Crippen molar-refractivity contribution < 1.29 is 27.3 Å². The lowest BCUT2D eigenvalue weighted by atomic mass is 9.72. The molecule has 0 aromatic carbocycles. The molecule has 2 N–H and O–H groups in total. The van der Waals surface area contributed by atoms with Gasteiger partial charge in [0.25, 0.3) is 10.1 Å². The van der Waals surface area contributed by atoms with Crippen LogP contribution < -0.4 is 5.32 Å². The van der Waals surface area contributed by atoms with Crippen molar-refractivity contribution in [1.29, 1.82) is 0 Å². The summed E-state index contributed by atoms with van der Waals surface area (Å²) in [7, 11) is -4.49. The zero-order chi connectivity index (χ0) is 26.1. The minimum atomic E-state index is -4.49. The van der Waals surface area contributed by atoms with Gasteiger partial charge in [-0.15, -0.1) is 0 Å². The van der Waals surface area contributed by atoms with Gasteiger partial charge in [-0.25, -0.2) is 4.79 Å². The monoisotopic (exact) mass is 493 g/mol. The highest BCUT2D eigenvalue weighted by Crippen LogP contribution is 2.40. The number of ether oxygens (including phenoxy) is 1. The number of hydrogen-bond acceptors (Lipinski definition) is 5. The van der Waals surface area contributed by atoms with Gasteiger partial charge in [-0.3, -0.25) is 9.35 Å². The Morgan fingerprint density at radius 1 is 1.18 bits per heavy atom. The molecule has 0 saturated carbocycles. The first kappa shape index (κ1) is 29.6. The Bertz CT molecular complexity index is 1010. The average Bonchev–Trinajstić information content (AvgIpc) is 2.64. The van der Waals surface area contributed by atoms with Crippen molar-refractivity contribution in [2.24, 2.45) is 5.41 Å². The Kier molecular flexibility index (Phi) is 11.2. The Balaban J connectivity index is 2.83. The number of carbonyl (C=O) groups is 2. The van der Waals surface area contributed by atoms with Crippen molar-refractivity contribution in [3.8, 4) is 0 Å². The van der Waals surface area contributed by atoms with Gasteiger partial charge in [0, 0.05) is 6.08 Å². The van der Waals surface area contributed by atoms with E-state index in [0.29, 0.717) is 5.57 Å². The quantitative estimate of drug-likeness (QED) is 0.195. The van der Waals surface area contributed by atoms with E-state index in [1.807, 2.05) is 19.1 Å². The topological polar surface area (TPSA) is 110 Å². The van der Waals surface area contributed by atoms with Crippen LogP contribution in [0.5, 0.6) is 0 Å². The van der Waals surface area contributed by atoms with Crippen molar-refractivity contribution in [1.82, 2.24) is 5.32 Å². The first-order valence-corrected chi connectivity index (χ1v) is 13.1. The maximum Gasteiger partial charge on any atom is 0.330 e. The molecule has 1 atom stereocenters. The third-order valence-corrected chi connectivity index (χ3v) is 6.22. The largest absolute Gasteiger partial charge is 0.461 e. The predicted molar refractivity (Wildman–Crippen MR) is 136 cm³/mol. The molecule has 0 aliphatic heterocycles. The van der Waals surface area contributed by atoms with Gasteiger partial charge in [0.15, 0.2) is 0 Å². The Morgan fingerprint density at radius 3 is 2.38 bits per heavy atom. The summed E-state index contributed by atoms with van der Waals surface area (Å²) in [5.41, 5.74) is 4.65. The molecule has 1 amide bonds. The standard InChI is InChI=1S/C26H39NO6S/c1-18(2)33-25(29)23(17-34(30,31)32)27-24(28)16-20(4)11-8-10-19(3)13-14-22-21(5)12-9-15-26(22,6)7/h8,10-11,13-14,16,18,23H,9,12,15,17H2,1-7H3,(H,27,28)(H,30,31,32)/b11-8+,14-13+,19-10-,20-16+. The molecule has 0 radical (unpaired) electrons. The minimum Gasteiger partial charge on any atom is -0.461 e. The van der Waals surface area contributed by atoms with Crippen molar-refractivity contribution in [2.45, 2.75) is 79.9 Å². The summed E-state index contributed by atoms with van der Waals surface area (Å²) in [5.74, 6) is -2.56. The number of rotatable bonds is 10. The van der Waals surface area contributed by atoms with Gasteiger partial charge >= 0.3 is 5.97 Å². The third kappa shape index (κ3) is 11.1. The zero-order valence-electron chi connectivity index (χ0n) is 21.3. The van der Waals surface area contributed by atoms with Gasteiger partial charge in [-0.05, 0) is 70.4 Å². The SMILES string of the molecule is CC1=C(/C=C/C(C)=C\C=C\C(C)=C\C(=O)NC(CS(=O)(=O)O)C(=O)OC(C)C)C(C)(C)CCC1. The van der Waals surface area contributed by atoms with E-state index in [1.165, 1.54) is 30.1 Å². The highest BCUT2D eigenvalue weighted by Gasteiger charge is 2.28. The summed E-state index contributed by atoms with van der Waals surface area (Å²) < 4.78 is 36.4. The summed E-state index contributed by atoms with van der Waals surface area (Å²) in [5, 5.41) is 2.28. The van der Waals surface area contributed by atoms with Crippen LogP contribution in [-0.4, -0.2) is 42.7 Å². The molecule has 0 fully saturated rings. The number of hydrogen-bond donors (Lipinski definition) is 2. The van der Waals surface area contributed by atoms with Gasteiger partial charge in [0.1, 0.15) is 11.8 Å². The third-order valence-electron chi connectivity index (χ3n) is 5.46. The fourth-order valence-electron chi connectivity index (χ4n) is 3.79. The maximum atomic E-state index is 12.3. The van der Waals surface area contributed by atoms with Crippen molar-refractivity contribution in [2.75, 3.05) is 5.75 Å². The van der Waals surface area contributed by atoms with Gasteiger partial charge in [-0.2, -0.15) is 8.42 Å². The number of carbonyl (C=O) groups excluding carboxylic acids is 2. The first-order valence-electron chi connectivity index (χ1n) is 11.5. The van der Waals surface area contributed by atoms with Gasteiger partial charge in [-0.1, -0.05) is 55.4 Å². The van der Waals surface area contributed by atoms with Gasteiger partial charge in [0.2, 0.25) is 5.91 Å². The summed E-state index contributed by atoms with van der Waals surface area (Å²) in [6, 6.07) is -1.51. The molecule has 1 aliphatic rings. The van der Waals surface area contributed by atoms with Gasteiger partial charge < -0.3 is 10.1 Å². The summed E-state index contributed by atoms with van der Waals surface area (Å²) in [6.07, 6.45) is 14.0. The molecule has 0 heterocycles. The molecule has 1 rings (SSSR count). The van der Waals surface area contributed by atoms with E-state index in [2.05, 4.69) is 38.2 Å². The highest BCUT2D eigenvalue weighted by atomic mass is 32.2. The van der Waals surface area contributed by atoms with Crippen LogP contribution in [0.15, 0.2) is 58.7 Å². The fourth-order valence-corrected chi connectivity index (χ4v) is 4.43. The van der Waals surface area contributed by atoms with E-state index in [9.17, 15) is 18.0 Å². The van der Waals surface area contributed by atoms with Crippen molar-refractivity contribution >= 4 is 22.0 Å². The van der Waals surface area contributed by atoms with E-state index >= 15 is 0 Å². The minimum absolute atomic E-state index is 0.177. The molecule has 0 aromatic rings. The predicted octanol–water partition coefficient (Wildman–Crippen LogP) is 4.84. The molecule has 34 heavy (non-hydrogen) atoms. The molecule has 0 aromatic heterocycles. The van der Waals surface area contributed by atoms with Gasteiger partial charge in [0.05, 0.1) is 6.10 Å². The highest BCUT2D eigenvalue weighted by molar-refractivity contribution is 7.85. The Morgan fingerprint density at radius 2 is 1.82 bits per heavy atom. The number of allylic oxidation sites excluding steroid dienone is 9. The molecule has 8 heteroatoms. The molecular formula is C26H39NO6S. The molecular weight excluding hydrogens is 454 g/mol. The fraction of sp³-hybridized carbons (Fsp3) is 0.538. The van der Waals surface area contributed by atoms with Crippen LogP contribution in [-0.2, 0) is 24.4 Å². The summed E-state index contributed by atoms with van der Waals surface area (Å²) in [4.78, 5) is 24.3. The Hall–Kier alpha value is -2.45. The average molecular weight is 494 g/mol. The second-order valence-corrected chi connectivity index (χ2v) is 11.2. The summed E-state index contributed by atoms with van der Waals surface area (Å²) >= 11 is 0. The second kappa shape index (κ2) is 12.9. The van der Waals surface area contributed by atoms with Crippen LogP contribution in [0.2, 0.25) is 0 Å². The first-order chi connectivity index (χ1) is 15.6. The lowest BCUT2D eigenvalue weighted by Crippen LogP contribution is -2.46. The van der Waals surface area contributed by atoms with Crippen LogP contribution in [0.25, 0.3) is 0 Å². The summed E-state index contributed by atoms with van der Waals surface area (Å²) in [6.45, 7) is 13.6. The lowest BCUT2D eigenvalue weighted by molar-refractivity contribution is -0.150. The molecule has 0 saturated heterocycles. The molecule has 190 valence electrons. The second-order valence-electron chi connectivity index (χ2n) is 9.72. The molecule has 7 nitrogen and oxygen atoms in total. The van der Waals surface area contributed by atoms with Crippen LogP contribution in [0.1, 0.15) is 67.7 Å². The van der Waals surface area contributed by atoms with Crippen molar-refractivity contribution in [3.63, 3.8) is 0 Å². The number of esters is 1. The maximum absolute atomic E-state index is 12.3. The number of amides is 1. The van der Waals surface area contributed by atoms with E-state index in [1.54, 1.807) is 26.8 Å². The van der Waals surface area contributed by atoms with E-state index in [0.717, 1.165) is 12.0 Å². The van der Waals surface area contributed by atoms with Crippen LogP contribution >= 0.6 is 0 Å². The van der Waals surface area contributed by atoms with Crippen molar-refractivity contribution in [3.05, 3.63) is 58.7 Å². The zero-order valence-corrected chi connectivity index (χ0v) is 22.2. The van der Waals surface area contributed by atoms with Crippen LogP contribution in [0.3, 0.4) is 0 Å². The smallest absolute Gasteiger partial charge is 0.330 e. The number of nitrogens with one attached hydrogen (secondary N) is 1. The van der Waals surface area contributed by atoms with E-state index in [4.69, 9.17) is 9.29 Å². The molecule has 1 aliphatic carbocycles. The lowest BCUT2D eigenvalue weighted by Gasteiger charge is -2.32. The van der Waals surface area contributed by atoms with E-state index < -0.39 is 39.9 Å². The van der Waals surface area contributed by atoms with E-state index in [-0.39, 0.29) is 5.41 Å². The normalized spacial score (nSPS) is 18.6. The molecule has 1 unspecified atom stereocenters. The molecule has 0 bridgehead atoms. The van der Waals surface area contributed by atoms with Crippen LogP contribution in [0.4, 0.5) is 0 Å². The molecule has 0 spiro atoms. The van der Waals surface area contributed by atoms with Crippen LogP contribution in [0, 0.1) is 5.41 Å². The Labute approximate surface area is 204 Å².